The van der Waals surface area contributed by atoms with Crippen LogP contribution in [-0.2, 0) is 51.7 Å². The van der Waals surface area contributed by atoms with Crippen molar-refractivity contribution >= 4 is 31.7 Å². The van der Waals surface area contributed by atoms with Crippen molar-refractivity contribution in [3.63, 3.8) is 0 Å². The molecule has 0 saturated heterocycles. The maximum atomic E-state index is 13.0. The number of ether oxygens (including phenoxy) is 4. The number of rotatable bonds is 57. The van der Waals surface area contributed by atoms with Gasteiger partial charge in [-0.1, -0.05) is 182 Å². The third-order valence-electron chi connectivity index (χ3n) is 15.1. The lowest BCUT2D eigenvalue weighted by atomic mass is 10.0. The number of likely N-dealkylation sites (N-methyl/N-ethyl adjacent to an activating group) is 1. The maximum absolute atomic E-state index is 13.0. The first-order valence-corrected chi connectivity index (χ1v) is 33.0. The second-order valence-electron chi connectivity index (χ2n) is 21.7. The summed E-state index contributed by atoms with van der Waals surface area (Å²) >= 11 is 0. The topological polar surface area (TPSA) is 164 Å². The molecule has 0 N–H and O–H groups in total. The number of carbonyl (C=O) groups is 4. The first-order chi connectivity index (χ1) is 36.3. The van der Waals surface area contributed by atoms with E-state index in [0.29, 0.717) is 56.0 Å². The van der Waals surface area contributed by atoms with Crippen LogP contribution in [0.3, 0.4) is 0 Å². The van der Waals surface area contributed by atoms with Crippen LogP contribution in [0.25, 0.3) is 0 Å². The molecule has 0 aromatic rings. The summed E-state index contributed by atoms with van der Waals surface area (Å²) in [4.78, 5) is 64.5. The number of phosphoric ester groups is 1. The van der Waals surface area contributed by atoms with E-state index in [1.165, 1.54) is 128 Å². The van der Waals surface area contributed by atoms with Crippen LogP contribution >= 0.6 is 7.82 Å². The fourth-order valence-electron chi connectivity index (χ4n) is 9.73. The van der Waals surface area contributed by atoms with Gasteiger partial charge in [-0.15, -0.1) is 0 Å². The van der Waals surface area contributed by atoms with E-state index < -0.39 is 32.5 Å². The Morgan fingerprint density at radius 3 is 1.00 bits per heavy atom. The summed E-state index contributed by atoms with van der Waals surface area (Å²) in [7, 11) is -4.76. The molecule has 0 aromatic heterocycles. The molecule has 0 rings (SSSR count). The summed E-state index contributed by atoms with van der Waals surface area (Å²) in [5.74, 6) is -1.34. The van der Waals surface area contributed by atoms with Gasteiger partial charge in [0.15, 0.2) is 6.10 Å². The van der Waals surface area contributed by atoms with Gasteiger partial charge in [0.25, 0.3) is 7.82 Å². The highest BCUT2D eigenvalue weighted by molar-refractivity contribution is 7.45. The molecule has 13 nitrogen and oxygen atoms in total. The molecule has 0 bridgehead atoms. The highest BCUT2D eigenvalue weighted by Crippen LogP contribution is 2.38. The maximum Gasteiger partial charge on any atom is 0.306 e. The van der Waals surface area contributed by atoms with Gasteiger partial charge in [-0.05, 0) is 97.8 Å². The smallest absolute Gasteiger partial charge is 0.306 e. The van der Waals surface area contributed by atoms with Gasteiger partial charge in [-0.3, -0.25) is 23.7 Å². The van der Waals surface area contributed by atoms with Gasteiger partial charge in [-0.25, -0.2) is 0 Å². The van der Waals surface area contributed by atoms with Gasteiger partial charge >= 0.3 is 23.9 Å². The first-order valence-electron chi connectivity index (χ1n) is 31.5. The number of unbranched alkanes of at least 4 members (excludes halogenated alkanes) is 26. The molecule has 0 fully saturated rings. The van der Waals surface area contributed by atoms with Crippen LogP contribution in [0.2, 0.25) is 0 Å². The summed E-state index contributed by atoms with van der Waals surface area (Å²) < 4.78 is 47.0. The first kappa shape index (κ1) is 73.0. The summed E-state index contributed by atoms with van der Waals surface area (Å²) in [6.07, 6.45) is 37.9. The largest absolute Gasteiger partial charge is 0.756 e. The van der Waals surface area contributed by atoms with Gasteiger partial charge in [0, 0.05) is 25.7 Å². The lowest BCUT2D eigenvalue weighted by Gasteiger charge is -2.36. The molecule has 75 heavy (non-hydrogen) atoms. The van der Waals surface area contributed by atoms with Crippen molar-refractivity contribution in [2.75, 3.05) is 46.0 Å². The Balaban J connectivity index is 5.08. The number of hydrogen-bond acceptors (Lipinski definition) is 12. The highest BCUT2D eigenvalue weighted by atomic mass is 31.2. The third-order valence-corrected chi connectivity index (χ3v) is 16.1. The van der Waals surface area contributed by atoms with Crippen molar-refractivity contribution in [1.29, 1.82) is 0 Å². The van der Waals surface area contributed by atoms with Crippen LogP contribution in [0.1, 0.15) is 305 Å². The zero-order chi connectivity index (χ0) is 55.5. The number of esters is 4. The molecule has 0 amide bonds. The Labute approximate surface area is 460 Å². The van der Waals surface area contributed by atoms with Gasteiger partial charge in [0.1, 0.15) is 32.0 Å². The molecular formula is C61H118NO12P. The van der Waals surface area contributed by atoms with Crippen LogP contribution in [0.5, 0.6) is 0 Å². The molecular weight excluding hydrogens is 970 g/mol. The average Bonchev–Trinajstić information content (AvgIpc) is 3.39. The van der Waals surface area contributed by atoms with E-state index in [2.05, 4.69) is 48.5 Å². The van der Waals surface area contributed by atoms with Crippen molar-refractivity contribution in [3.05, 3.63) is 0 Å². The third kappa shape index (κ3) is 45.5. The second kappa shape index (κ2) is 51.4. The fraction of sp³-hybridized carbons (Fsp3) is 0.934. The van der Waals surface area contributed by atoms with Crippen LogP contribution in [0.15, 0.2) is 0 Å². The second-order valence-corrected chi connectivity index (χ2v) is 23.1. The number of hydrogen-bond donors (Lipinski definition) is 0. The molecule has 0 aromatic carbocycles. The minimum Gasteiger partial charge on any atom is -0.756 e. The SMILES string of the molecule is CCCCCCCCC(CCCCCCCC)OC(=O)CCCCCCC(=O)OCC(COP(=O)([O-])OCC[N+](CC)(CC)CC)OC(=O)CCCCCCC(=O)OC(CCCCCCCC)CCCCCCCC. The molecule has 0 aliphatic rings. The highest BCUT2D eigenvalue weighted by Gasteiger charge is 2.25. The van der Waals surface area contributed by atoms with E-state index in [1.54, 1.807) is 0 Å². The quantitative estimate of drug-likeness (QED) is 0.0186. The number of nitrogens with zero attached hydrogens (tertiary/aromatic N) is 1. The average molecular weight is 1090 g/mol. The summed E-state index contributed by atoms with van der Waals surface area (Å²) in [6, 6.07) is 0. The predicted molar refractivity (Wildman–Crippen MR) is 304 cm³/mol. The van der Waals surface area contributed by atoms with Crippen molar-refractivity contribution in [1.82, 2.24) is 0 Å². The summed E-state index contributed by atoms with van der Waals surface area (Å²) in [5.41, 5.74) is 0. The monoisotopic (exact) mass is 1090 g/mol. The normalized spacial score (nSPS) is 13.0. The molecule has 0 saturated carbocycles. The molecule has 0 aliphatic heterocycles. The number of quaternary nitrogens is 1. The van der Waals surface area contributed by atoms with E-state index >= 15 is 0 Å². The Hall–Kier alpha value is -2.05. The predicted octanol–water partition coefficient (Wildman–Crippen LogP) is 16.3. The molecule has 0 aliphatic carbocycles. The lowest BCUT2D eigenvalue weighted by molar-refractivity contribution is -0.923. The molecule has 14 heteroatoms. The van der Waals surface area contributed by atoms with Crippen LogP contribution < -0.4 is 4.89 Å². The summed E-state index contributed by atoms with van der Waals surface area (Å²) in [6.45, 7) is 17.1. The van der Waals surface area contributed by atoms with Crippen molar-refractivity contribution in [2.24, 2.45) is 0 Å². The van der Waals surface area contributed by atoms with Crippen molar-refractivity contribution in [2.45, 2.75) is 324 Å². The summed E-state index contributed by atoms with van der Waals surface area (Å²) in [5, 5.41) is 0. The van der Waals surface area contributed by atoms with Crippen molar-refractivity contribution in [3.8, 4) is 0 Å². The van der Waals surface area contributed by atoms with E-state index in [0.717, 1.165) is 90.3 Å². The minimum absolute atomic E-state index is 0.0101. The van der Waals surface area contributed by atoms with Crippen LogP contribution in [0, 0.1) is 0 Å². The van der Waals surface area contributed by atoms with Crippen LogP contribution in [-0.4, -0.2) is 92.7 Å². The molecule has 0 heterocycles. The van der Waals surface area contributed by atoms with E-state index in [4.69, 9.17) is 28.0 Å². The van der Waals surface area contributed by atoms with Gasteiger partial charge in [0.2, 0.25) is 0 Å². The molecule has 2 unspecified atom stereocenters. The fourth-order valence-corrected chi connectivity index (χ4v) is 10.5. The van der Waals surface area contributed by atoms with Gasteiger partial charge in [0.05, 0.1) is 26.2 Å². The van der Waals surface area contributed by atoms with E-state index in [-0.39, 0.29) is 50.2 Å². The standard InChI is InChI=1S/C61H118NO12P/c1-8-15-19-23-27-35-43-55(44-36-28-24-20-16-9-2)72-59(64)48-40-32-31-39-47-58(63)69-53-57(54-71-75(67,68)70-52-51-62(12-5,13-6)14-7)74-61(66)50-42-34-33-41-49-60(65)73-56(45-37-29-25-21-17-10-3)46-38-30-26-22-18-11-4/h55-57H,8-54H2,1-7H3. The van der Waals surface area contributed by atoms with E-state index in [1.807, 2.05) is 0 Å². The zero-order valence-corrected chi connectivity index (χ0v) is 50.7. The Kier molecular flexibility index (Phi) is 50.0. The van der Waals surface area contributed by atoms with Crippen molar-refractivity contribution < 1.29 is 61.1 Å². The van der Waals surface area contributed by atoms with Gasteiger partial charge in [-0.2, -0.15) is 0 Å². The Morgan fingerprint density at radius 1 is 0.373 bits per heavy atom. The lowest BCUT2D eigenvalue weighted by Crippen LogP contribution is -2.49. The minimum atomic E-state index is -4.76. The van der Waals surface area contributed by atoms with E-state index in [9.17, 15) is 28.6 Å². The molecule has 0 spiro atoms. The van der Waals surface area contributed by atoms with Gasteiger partial charge < -0.3 is 37.4 Å². The number of carbonyl (C=O) groups excluding carboxylic acids is 4. The Morgan fingerprint density at radius 2 is 0.667 bits per heavy atom. The molecule has 2 atom stereocenters. The Bertz CT molecular complexity index is 1360. The molecule has 444 valence electrons. The molecule has 0 radical (unpaired) electrons. The number of phosphoric acid groups is 1. The van der Waals surface area contributed by atoms with Crippen LogP contribution in [0.4, 0.5) is 0 Å². The zero-order valence-electron chi connectivity index (χ0n) is 49.8.